The Morgan fingerprint density at radius 2 is 1.85 bits per heavy atom. The number of alkyl halides is 3. The Kier molecular flexibility index (Phi) is 8.90. The zero-order chi connectivity index (χ0) is 29.2. The molecule has 10 heteroatoms. The van der Waals surface area contributed by atoms with Crippen molar-refractivity contribution in [2.75, 3.05) is 26.7 Å². The van der Waals surface area contributed by atoms with E-state index in [1.165, 1.54) is 11.9 Å². The van der Waals surface area contributed by atoms with Gasteiger partial charge in [0.15, 0.2) is 0 Å². The molecule has 216 valence electrons. The predicted octanol–water partition coefficient (Wildman–Crippen LogP) is 5.00. The van der Waals surface area contributed by atoms with Crippen LogP contribution >= 0.6 is 0 Å². The van der Waals surface area contributed by atoms with Crippen molar-refractivity contribution in [3.8, 4) is 11.1 Å². The Morgan fingerprint density at radius 3 is 2.55 bits per heavy atom. The molecule has 1 aliphatic rings. The highest BCUT2D eigenvalue weighted by Crippen LogP contribution is 2.38. The minimum atomic E-state index is -4.42. The summed E-state index contributed by atoms with van der Waals surface area (Å²) in [6.45, 7) is 3.86. The van der Waals surface area contributed by atoms with E-state index in [1.54, 1.807) is 11.8 Å². The van der Waals surface area contributed by atoms with Crippen molar-refractivity contribution in [3.05, 3.63) is 59.8 Å². The third kappa shape index (κ3) is 6.18. The number of hydrogen-bond acceptors (Lipinski definition) is 4. The fourth-order valence-corrected chi connectivity index (χ4v) is 5.34. The number of aryl methyl sites for hydroxylation is 1. The first-order valence-corrected chi connectivity index (χ1v) is 13.4. The normalized spacial score (nSPS) is 19.1. The molecule has 3 atom stereocenters. The number of hydrogen-bond donors (Lipinski definition) is 1. The van der Waals surface area contributed by atoms with E-state index in [0.29, 0.717) is 5.69 Å². The fourth-order valence-electron chi connectivity index (χ4n) is 5.34. The van der Waals surface area contributed by atoms with Gasteiger partial charge in [0.1, 0.15) is 5.69 Å². The second kappa shape index (κ2) is 12.0. The molecule has 4 rings (SSSR count). The molecule has 7 nitrogen and oxygen atoms in total. The number of rotatable bonds is 6. The lowest BCUT2D eigenvalue weighted by Gasteiger charge is -2.35. The van der Waals surface area contributed by atoms with Crippen molar-refractivity contribution in [2.24, 2.45) is 13.0 Å². The second-order valence-corrected chi connectivity index (χ2v) is 10.7. The van der Waals surface area contributed by atoms with Gasteiger partial charge < -0.3 is 24.2 Å². The summed E-state index contributed by atoms with van der Waals surface area (Å²) in [5.41, 5.74) is 3.86. The molecular formula is C30H36F3N3O4. The number of aromatic nitrogens is 1. The fraction of sp³-hybridized carbons (Fsp3) is 0.467. The summed E-state index contributed by atoms with van der Waals surface area (Å²) in [5.74, 6) is -1.18. The maximum absolute atomic E-state index is 14.3. The summed E-state index contributed by atoms with van der Waals surface area (Å²) >= 11 is 0. The average molecular weight is 560 g/mol. The SMILES string of the molecule is C[C@H]1CN([C@@H](C)CO)C(=O)c2c(c3ccccc3n2C)-c2ccccc2CO[C@H]1CN(C)C(=O)CCC(F)(F)F. The van der Waals surface area contributed by atoms with Gasteiger partial charge in [0.2, 0.25) is 5.91 Å². The summed E-state index contributed by atoms with van der Waals surface area (Å²) < 4.78 is 46.4. The van der Waals surface area contributed by atoms with Crippen LogP contribution in [-0.2, 0) is 23.2 Å². The largest absolute Gasteiger partial charge is 0.394 e. The van der Waals surface area contributed by atoms with Crippen molar-refractivity contribution in [1.82, 2.24) is 14.4 Å². The maximum Gasteiger partial charge on any atom is 0.389 e. The predicted molar refractivity (Wildman–Crippen MR) is 147 cm³/mol. The van der Waals surface area contributed by atoms with Crippen LogP contribution in [0.4, 0.5) is 13.2 Å². The highest BCUT2D eigenvalue weighted by Gasteiger charge is 2.34. The minimum absolute atomic E-state index is 0.0610. The lowest BCUT2D eigenvalue weighted by Crippen LogP contribution is -2.48. The van der Waals surface area contributed by atoms with E-state index >= 15 is 0 Å². The number of carbonyl (C=O) groups is 2. The van der Waals surface area contributed by atoms with Gasteiger partial charge in [0, 0.05) is 56.0 Å². The highest BCUT2D eigenvalue weighted by molar-refractivity contribution is 6.10. The molecule has 2 amide bonds. The summed E-state index contributed by atoms with van der Waals surface area (Å²) in [4.78, 5) is 29.7. The Bertz CT molecular complexity index is 1370. The average Bonchev–Trinajstić information content (AvgIpc) is 3.22. The molecule has 0 radical (unpaired) electrons. The van der Waals surface area contributed by atoms with Gasteiger partial charge in [-0.2, -0.15) is 13.2 Å². The van der Waals surface area contributed by atoms with Crippen molar-refractivity contribution in [1.29, 1.82) is 0 Å². The first-order chi connectivity index (χ1) is 18.9. The standard InChI is InChI=1S/C30H36F3N3O4/c1-19-15-36(20(2)17-37)29(39)28-27(23-11-7-8-12-24(23)35(28)4)22-10-6-5-9-21(22)18-40-25(19)16-34(3)26(38)13-14-30(31,32)33/h5-12,19-20,25,37H,13-18H2,1-4H3/t19-,20-,25-/m0/s1. The van der Waals surface area contributed by atoms with Crippen LogP contribution in [0.25, 0.3) is 22.0 Å². The first-order valence-electron chi connectivity index (χ1n) is 13.4. The number of nitrogens with zero attached hydrogens (tertiary/aromatic N) is 3. The van der Waals surface area contributed by atoms with E-state index in [4.69, 9.17) is 4.74 Å². The van der Waals surface area contributed by atoms with Gasteiger partial charge in [-0.25, -0.2) is 0 Å². The molecule has 2 heterocycles. The number of fused-ring (bicyclic) bond motifs is 5. The van der Waals surface area contributed by atoms with Crippen molar-refractivity contribution >= 4 is 22.7 Å². The van der Waals surface area contributed by atoms with Gasteiger partial charge in [-0.05, 0) is 24.1 Å². The van der Waals surface area contributed by atoms with Crippen LogP contribution in [0.5, 0.6) is 0 Å². The van der Waals surface area contributed by atoms with Gasteiger partial charge in [-0.3, -0.25) is 9.59 Å². The Balaban J connectivity index is 1.78. The van der Waals surface area contributed by atoms with Crippen LogP contribution in [-0.4, -0.2) is 76.4 Å². The summed E-state index contributed by atoms with van der Waals surface area (Å²) in [6.07, 6.45) is -6.82. The van der Waals surface area contributed by atoms with Crippen LogP contribution in [0.15, 0.2) is 48.5 Å². The van der Waals surface area contributed by atoms with Gasteiger partial charge in [0.25, 0.3) is 5.91 Å². The molecule has 1 aliphatic heterocycles. The van der Waals surface area contributed by atoms with Crippen LogP contribution < -0.4 is 0 Å². The number of para-hydroxylation sites is 1. The van der Waals surface area contributed by atoms with Crippen LogP contribution in [0, 0.1) is 5.92 Å². The molecule has 2 aromatic carbocycles. The molecule has 0 fully saturated rings. The van der Waals surface area contributed by atoms with E-state index in [9.17, 15) is 27.9 Å². The number of benzene rings is 2. The Hall–Kier alpha value is -3.37. The van der Waals surface area contributed by atoms with Gasteiger partial charge in [-0.1, -0.05) is 49.4 Å². The van der Waals surface area contributed by atoms with Crippen LogP contribution in [0.1, 0.15) is 42.7 Å². The number of aliphatic hydroxyl groups is 1. The number of carbonyl (C=O) groups excluding carboxylic acids is 2. The molecule has 0 unspecified atom stereocenters. The van der Waals surface area contributed by atoms with Gasteiger partial charge in [-0.15, -0.1) is 0 Å². The number of halogens is 3. The monoisotopic (exact) mass is 559 g/mol. The molecule has 40 heavy (non-hydrogen) atoms. The second-order valence-electron chi connectivity index (χ2n) is 10.7. The lowest BCUT2D eigenvalue weighted by atomic mass is 9.96. The summed E-state index contributed by atoms with van der Waals surface area (Å²) in [6, 6.07) is 14.9. The quantitative estimate of drug-likeness (QED) is 0.461. The third-order valence-corrected chi connectivity index (χ3v) is 7.73. The number of ether oxygens (including phenoxy) is 1. The molecule has 0 spiro atoms. The summed E-state index contributed by atoms with van der Waals surface area (Å²) in [7, 11) is 3.32. The van der Waals surface area contributed by atoms with E-state index in [-0.39, 0.29) is 38.1 Å². The lowest BCUT2D eigenvalue weighted by molar-refractivity contribution is -0.149. The van der Waals surface area contributed by atoms with E-state index in [0.717, 1.165) is 27.6 Å². The van der Waals surface area contributed by atoms with Crippen molar-refractivity contribution in [3.63, 3.8) is 0 Å². The van der Waals surface area contributed by atoms with E-state index in [2.05, 4.69) is 0 Å². The van der Waals surface area contributed by atoms with Crippen molar-refractivity contribution < 1.29 is 32.6 Å². The summed E-state index contributed by atoms with van der Waals surface area (Å²) in [5, 5.41) is 11.0. The number of likely N-dealkylation sites (N-methyl/N-ethyl adjacent to an activating group) is 1. The Morgan fingerprint density at radius 1 is 1.18 bits per heavy atom. The van der Waals surface area contributed by atoms with Crippen LogP contribution in [0.3, 0.4) is 0 Å². The smallest absolute Gasteiger partial charge is 0.389 e. The van der Waals surface area contributed by atoms with E-state index in [1.807, 2.05) is 67.1 Å². The molecular weight excluding hydrogens is 523 g/mol. The molecule has 0 saturated carbocycles. The van der Waals surface area contributed by atoms with Gasteiger partial charge in [0.05, 0.1) is 31.8 Å². The van der Waals surface area contributed by atoms with Crippen molar-refractivity contribution in [2.45, 2.75) is 51.6 Å². The molecule has 0 saturated heterocycles. The molecule has 0 bridgehead atoms. The topological polar surface area (TPSA) is 75.0 Å². The molecule has 3 aromatic rings. The minimum Gasteiger partial charge on any atom is -0.394 e. The number of amides is 2. The molecule has 1 N–H and O–H groups in total. The van der Waals surface area contributed by atoms with Gasteiger partial charge >= 0.3 is 6.18 Å². The number of aliphatic hydroxyl groups excluding tert-OH is 1. The van der Waals surface area contributed by atoms with Crippen LogP contribution in [0.2, 0.25) is 0 Å². The highest BCUT2D eigenvalue weighted by atomic mass is 19.4. The molecule has 1 aromatic heterocycles. The third-order valence-electron chi connectivity index (χ3n) is 7.73. The molecule has 0 aliphatic carbocycles. The Labute approximate surface area is 232 Å². The maximum atomic E-state index is 14.3. The van der Waals surface area contributed by atoms with E-state index < -0.39 is 37.1 Å². The zero-order valence-electron chi connectivity index (χ0n) is 23.2. The zero-order valence-corrected chi connectivity index (χ0v) is 23.2. The first kappa shape index (κ1) is 29.6.